The number of rotatable bonds is 15. The summed E-state index contributed by atoms with van der Waals surface area (Å²) in [6.45, 7) is 0. The quantitative estimate of drug-likeness (QED) is 0.101. The van der Waals surface area contributed by atoms with Crippen LogP contribution in [0.5, 0.6) is 0 Å². The Balaban J connectivity index is 0.000000110. The van der Waals surface area contributed by atoms with Crippen LogP contribution >= 0.6 is 11.3 Å². The number of pyridine rings is 1. The Labute approximate surface area is 851 Å². The SMILES string of the molecule is c1ccc(-c2ccc(-c3nc(-c4ccc(-c5ccccc5)cc4)nc(-n4c5ccccc5c5ccccc54)n3)cc2)cc1.c1ccc(-c2cccc(-c3cc(-n4c5ccccc5c5cc(-c6ccc7c(c6)c6ccccc6n7-c6ccccc6)ccc54)nc4ccccc34)c2)cc1.c1ccc(-c2nc(-c3ccccc3)nc(-c3ccc(-n4c5ccccc5c5cc(-c6cccc7c6sc6ccccc67)ccc54)cc3)n2)cc1. The molecule has 688 valence electrons. The molecule has 0 spiro atoms. The molecule has 8 heterocycles. The number of fused-ring (bicyclic) bond motifs is 16. The van der Waals surface area contributed by atoms with Gasteiger partial charge in [0.2, 0.25) is 5.95 Å². The van der Waals surface area contributed by atoms with Crippen LogP contribution < -0.4 is 0 Å². The molecule has 0 radical (unpaired) electrons. The molecule has 0 fully saturated rings. The summed E-state index contributed by atoms with van der Waals surface area (Å²) in [5.41, 5.74) is 31.4. The van der Waals surface area contributed by atoms with Gasteiger partial charge in [0.25, 0.3) is 0 Å². The Morgan fingerprint density at radius 1 is 0.150 bits per heavy atom. The molecule has 147 heavy (non-hydrogen) atoms. The third-order valence-electron chi connectivity index (χ3n) is 28.3. The molecule has 8 aromatic heterocycles. The van der Waals surface area contributed by atoms with Crippen molar-refractivity contribution in [1.82, 2.24) is 53.2 Å². The van der Waals surface area contributed by atoms with Crippen LogP contribution in [0.3, 0.4) is 0 Å². The molecule has 21 aromatic carbocycles. The molecule has 0 saturated carbocycles. The molecule has 0 aliphatic heterocycles. The Bertz CT molecular complexity index is 9870. The van der Waals surface area contributed by atoms with E-state index in [1.807, 2.05) is 84.1 Å². The van der Waals surface area contributed by atoms with Crippen LogP contribution in [0.15, 0.2) is 528 Å². The van der Waals surface area contributed by atoms with Crippen LogP contribution in [0.1, 0.15) is 0 Å². The van der Waals surface area contributed by atoms with Crippen molar-refractivity contribution < 1.29 is 0 Å². The summed E-state index contributed by atoms with van der Waals surface area (Å²) in [5.74, 6) is 4.72. The molecule has 0 bridgehead atoms. The van der Waals surface area contributed by atoms with E-state index in [2.05, 4.69) is 473 Å². The van der Waals surface area contributed by atoms with Gasteiger partial charge < -0.3 is 9.13 Å². The summed E-state index contributed by atoms with van der Waals surface area (Å²) in [6.07, 6.45) is 0. The molecule has 0 atom stereocenters. The van der Waals surface area contributed by atoms with Gasteiger partial charge in [0, 0.05) is 108 Å². The van der Waals surface area contributed by atoms with Crippen LogP contribution in [0.2, 0.25) is 0 Å². The number of nitrogens with zero attached hydrogens (tertiary/aromatic N) is 11. The number of para-hydroxylation sites is 7. The minimum Gasteiger partial charge on any atom is -0.309 e. The van der Waals surface area contributed by atoms with E-state index in [0.29, 0.717) is 35.1 Å². The maximum atomic E-state index is 5.32. The molecule has 12 heteroatoms. The van der Waals surface area contributed by atoms with E-state index in [-0.39, 0.29) is 0 Å². The van der Waals surface area contributed by atoms with E-state index < -0.39 is 0 Å². The van der Waals surface area contributed by atoms with Gasteiger partial charge in [-0.15, -0.1) is 11.3 Å². The third-order valence-corrected chi connectivity index (χ3v) is 29.5. The highest BCUT2D eigenvalue weighted by Crippen LogP contribution is 2.46. The molecule has 0 aliphatic rings. The van der Waals surface area contributed by atoms with E-state index in [1.54, 1.807) is 0 Å². The first-order valence-corrected chi connectivity index (χ1v) is 50.4. The maximum absolute atomic E-state index is 5.32. The zero-order valence-electron chi connectivity index (χ0n) is 79.6. The number of hydrogen-bond acceptors (Lipinski definition) is 8. The molecular formula is C135H87N11S. The molecular weight excluding hydrogens is 1810 g/mol. The van der Waals surface area contributed by atoms with Gasteiger partial charge >= 0.3 is 0 Å². The van der Waals surface area contributed by atoms with Crippen molar-refractivity contribution in [3.05, 3.63) is 528 Å². The van der Waals surface area contributed by atoms with Gasteiger partial charge in [0.05, 0.1) is 49.7 Å². The third kappa shape index (κ3) is 16.0. The van der Waals surface area contributed by atoms with Crippen molar-refractivity contribution >= 4 is 130 Å². The predicted molar refractivity (Wildman–Crippen MR) is 611 cm³/mol. The van der Waals surface area contributed by atoms with Gasteiger partial charge in [-0.3, -0.25) is 9.13 Å². The fourth-order valence-corrected chi connectivity index (χ4v) is 22.5. The summed E-state index contributed by atoms with van der Waals surface area (Å²) in [5, 5.41) is 13.5. The lowest BCUT2D eigenvalue weighted by molar-refractivity contribution is 0.953. The Hall–Kier alpha value is -19.5. The van der Waals surface area contributed by atoms with Gasteiger partial charge in [-0.25, -0.2) is 24.9 Å². The second-order valence-corrected chi connectivity index (χ2v) is 38.0. The fourth-order valence-electron chi connectivity index (χ4n) is 21.3. The van der Waals surface area contributed by atoms with E-state index >= 15 is 0 Å². The zero-order valence-corrected chi connectivity index (χ0v) is 80.4. The summed E-state index contributed by atoms with van der Waals surface area (Å²) in [4.78, 5) is 35.2. The average molecular weight is 1900 g/mol. The van der Waals surface area contributed by atoms with Crippen LogP contribution in [0, 0.1) is 0 Å². The second kappa shape index (κ2) is 37.2. The van der Waals surface area contributed by atoms with Crippen LogP contribution in [-0.4, -0.2) is 53.2 Å². The monoisotopic (exact) mass is 1890 g/mol. The topological polar surface area (TPSA) is 110 Å². The smallest absolute Gasteiger partial charge is 0.238 e. The first-order valence-electron chi connectivity index (χ1n) is 49.5. The highest BCUT2D eigenvalue weighted by molar-refractivity contribution is 7.26. The maximum Gasteiger partial charge on any atom is 0.238 e. The molecule has 0 N–H and O–H groups in total. The number of thiophene rings is 1. The largest absolute Gasteiger partial charge is 0.309 e. The van der Waals surface area contributed by atoms with Crippen LogP contribution in [0.4, 0.5) is 0 Å². The van der Waals surface area contributed by atoms with Gasteiger partial charge in [0.1, 0.15) is 5.82 Å². The molecule has 0 saturated heterocycles. The van der Waals surface area contributed by atoms with Gasteiger partial charge in [0.15, 0.2) is 29.1 Å². The first-order chi connectivity index (χ1) is 72.9. The van der Waals surface area contributed by atoms with Crippen molar-refractivity contribution in [2.45, 2.75) is 0 Å². The van der Waals surface area contributed by atoms with Gasteiger partial charge in [-0.05, 0) is 194 Å². The van der Waals surface area contributed by atoms with Gasteiger partial charge in [-0.1, -0.05) is 400 Å². The first kappa shape index (κ1) is 86.6. The van der Waals surface area contributed by atoms with Crippen molar-refractivity contribution in [1.29, 1.82) is 0 Å². The lowest BCUT2D eigenvalue weighted by atomic mass is 9.96. The Morgan fingerprint density at radius 2 is 0.435 bits per heavy atom. The number of hydrogen-bond donors (Lipinski definition) is 0. The lowest BCUT2D eigenvalue weighted by Gasteiger charge is -2.14. The van der Waals surface area contributed by atoms with Crippen LogP contribution in [0.25, 0.3) is 265 Å². The highest BCUT2D eigenvalue weighted by atomic mass is 32.1. The van der Waals surface area contributed by atoms with Crippen molar-refractivity contribution in [3.63, 3.8) is 0 Å². The molecule has 29 rings (SSSR count). The molecule has 0 aliphatic carbocycles. The van der Waals surface area contributed by atoms with Crippen molar-refractivity contribution in [3.8, 4) is 147 Å². The highest BCUT2D eigenvalue weighted by Gasteiger charge is 2.25. The summed E-state index contributed by atoms with van der Waals surface area (Å²) >= 11 is 1.87. The summed E-state index contributed by atoms with van der Waals surface area (Å²) in [6, 6.07) is 186. The molecule has 0 amide bonds. The molecule has 11 nitrogen and oxygen atoms in total. The van der Waals surface area contributed by atoms with E-state index in [1.165, 1.54) is 147 Å². The normalized spacial score (nSPS) is 11.5. The van der Waals surface area contributed by atoms with E-state index in [0.717, 1.165) is 83.4 Å². The second-order valence-electron chi connectivity index (χ2n) is 37.0. The fraction of sp³-hybridized carbons (Fsp3) is 0. The summed E-state index contributed by atoms with van der Waals surface area (Å²) < 4.78 is 11.9. The van der Waals surface area contributed by atoms with Crippen molar-refractivity contribution in [2.75, 3.05) is 0 Å². The average Bonchev–Trinajstić information content (AvgIpc) is 1.57. The summed E-state index contributed by atoms with van der Waals surface area (Å²) in [7, 11) is 0. The zero-order chi connectivity index (χ0) is 97.2. The number of aromatic nitrogens is 11. The standard InChI is InChI=1S/C51H33N3.C45H28N4S.C39H26N4/c1-3-14-34(15-4-1)35-16-13-17-38(30-35)43-33-51(52-46-23-10-7-20-40(43)46)54-48-25-12-9-22-42(48)45-32-37(27-29-50(45)54)36-26-28-49-44(31-36)41-21-8-11-24-47(41)53(49)39-18-5-2-6-19-39;1-3-12-29(13-4-1)43-46-44(30-14-5-2-6-15-30)48-45(47-43)31-22-25-33(26-23-31)49-39-20-9-7-16-35(39)38-28-32(24-27-40(38)49)34-18-11-19-37-36-17-8-10-21-41(36)50-42(34)37;1-3-11-27(12-4-1)29-19-23-31(24-20-29)37-40-38(32-25-21-30(22-26-32)28-13-5-2-6-14-28)42-39(41-37)43-35-17-9-7-15-33(35)34-16-8-10-18-36(34)43/h1-33H;1-28H;1-26H. The van der Waals surface area contributed by atoms with Crippen LogP contribution in [-0.2, 0) is 0 Å². The minimum atomic E-state index is 0.594. The minimum absolute atomic E-state index is 0.594. The Kier molecular flexibility index (Phi) is 21.9. The predicted octanol–water partition coefficient (Wildman–Crippen LogP) is 35.1. The van der Waals surface area contributed by atoms with E-state index in [4.69, 9.17) is 34.9 Å². The lowest BCUT2D eigenvalue weighted by Crippen LogP contribution is -2.06. The Morgan fingerprint density at radius 3 is 0.918 bits per heavy atom. The van der Waals surface area contributed by atoms with Crippen molar-refractivity contribution in [2.24, 2.45) is 0 Å². The molecule has 0 unspecified atom stereocenters. The number of benzene rings is 21. The molecule has 29 aromatic rings. The van der Waals surface area contributed by atoms with Gasteiger partial charge in [-0.2, -0.15) is 9.97 Å². The van der Waals surface area contributed by atoms with E-state index in [9.17, 15) is 0 Å².